The molecule has 108 valence electrons. The second kappa shape index (κ2) is 5.63. The van der Waals surface area contributed by atoms with Crippen molar-refractivity contribution < 1.29 is 17.2 Å². The molecule has 0 N–H and O–H groups in total. The molecule has 0 unspecified atom stereocenters. The van der Waals surface area contributed by atoms with E-state index in [1.54, 1.807) is 31.9 Å². The fraction of sp³-hybridized carbons (Fsp3) is 0.500. The molecular weight excluding hydrogens is 296 g/mol. The number of hydrogen-bond acceptors (Lipinski definition) is 3. The average Bonchev–Trinajstić information content (AvgIpc) is 2.37. The third-order valence-corrected chi connectivity index (χ3v) is 5.08. The van der Waals surface area contributed by atoms with E-state index in [0.717, 1.165) is 0 Å². The summed E-state index contributed by atoms with van der Waals surface area (Å²) in [6, 6.07) is 5.68. The van der Waals surface area contributed by atoms with Crippen LogP contribution in [-0.2, 0) is 9.84 Å². The molecule has 0 bridgehead atoms. The van der Waals surface area contributed by atoms with E-state index in [0.29, 0.717) is 0 Å². The Morgan fingerprint density at radius 2 is 1.84 bits per heavy atom. The van der Waals surface area contributed by atoms with Crippen LogP contribution in [0.3, 0.4) is 0 Å². The van der Waals surface area contributed by atoms with Gasteiger partial charge in [0.25, 0.3) is 0 Å². The molecule has 1 rings (SSSR count). The average molecular weight is 312 g/mol. The summed E-state index contributed by atoms with van der Waals surface area (Å²) in [6.07, 6.45) is 0. The lowest BCUT2D eigenvalue weighted by molar-refractivity contribution is 0.234. The van der Waals surface area contributed by atoms with E-state index in [-0.39, 0.29) is 16.5 Å². The highest BCUT2D eigenvalue weighted by molar-refractivity contribution is 7.91. The molecule has 0 saturated heterocycles. The Balaban J connectivity index is 3.40. The van der Waals surface area contributed by atoms with Crippen LogP contribution in [0.2, 0.25) is 0 Å². The molecule has 0 aliphatic heterocycles. The largest absolute Gasteiger partial charge is 0.367 e. The van der Waals surface area contributed by atoms with Crippen molar-refractivity contribution in [3.05, 3.63) is 24.3 Å². The predicted octanol–water partition coefficient (Wildman–Crippen LogP) is 3.14. The zero-order valence-electron chi connectivity index (χ0n) is 10.9. The van der Waals surface area contributed by atoms with Gasteiger partial charge >= 0.3 is 5.76 Å². The lowest BCUT2D eigenvalue weighted by atomic mass is 10.1. The lowest BCUT2D eigenvalue weighted by Crippen LogP contribution is -2.43. The van der Waals surface area contributed by atoms with Gasteiger partial charge in [-0.25, -0.2) is 8.42 Å². The predicted molar refractivity (Wildman–Crippen MR) is 72.8 cm³/mol. The molecule has 0 aliphatic rings. The van der Waals surface area contributed by atoms with Crippen molar-refractivity contribution in [2.75, 3.05) is 17.8 Å². The van der Waals surface area contributed by atoms with Gasteiger partial charge in [-0.15, -0.1) is 11.6 Å². The molecule has 3 nitrogen and oxygen atoms in total. The maximum Gasteiger partial charge on any atom is 0.341 e. The smallest absolute Gasteiger partial charge is 0.341 e. The minimum atomic E-state index is -4.64. The number of halogens is 3. The Morgan fingerprint density at radius 3 is 2.32 bits per heavy atom. The van der Waals surface area contributed by atoms with Gasteiger partial charge in [0.15, 0.2) is 0 Å². The summed E-state index contributed by atoms with van der Waals surface area (Å²) in [4.78, 5) is 1.21. The first-order chi connectivity index (χ1) is 8.64. The summed E-state index contributed by atoms with van der Waals surface area (Å²) in [5.41, 5.74) is -0.344. The van der Waals surface area contributed by atoms with E-state index in [9.17, 15) is 17.2 Å². The van der Waals surface area contributed by atoms with Gasteiger partial charge in [-0.2, -0.15) is 8.78 Å². The first-order valence-corrected chi connectivity index (χ1v) is 7.63. The number of rotatable bonds is 5. The molecule has 1 aromatic rings. The standard InChI is InChI=1S/C12H16ClF2NO2S/c1-12(2,8-13)16(3)9-6-4-5-7-10(9)19(17,18)11(14)15/h4-7,11H,8H2,1-3H3. The highest BCUT2D eigenvalue weighted by Gasteiger charge is 2.32. The Labute approximate surface area is 117 Å². The third kappa shape index (κ3) is 3.17. The number of para-hydroxylation sites is 1. The van der Waals surface area contributed by atoms with E-state index in [4.69, 9.17) is 11.6 Å². The molecule has 0 heterocycles. The van der Waals surface area contributed by atoms with Crippen LogP contribution in [0.1, 0.15) is 13.8 Å². The van der Waals surface area contributed by atoms with E-state index in [1.807, 2.05) is 0 Å². The summed E-state index contributed by atoms with van der Waals surface area (Å²) in [6.45, 7) is 3.59. The fourth-order valence-corrected chi connectivity index (χ4v) is 2.62. The lowest BCUT2D eigenvalue weighted by Gasteiger charge is -2.36. The van der Waals surface area contributed by atoms with Crippen molar-refractivity contribution in [2.24, 2.45) is 0 Å². The van der Waals surface area contributed by atoms with Gasteiger partial charge in [0.2, 0.25) is 9.84 Å². The molecule has 0 aliphatic carbocycles. The second-order valence-electron chi connectivity index (χ2n) is 4.78. The van der Waals surface area contributed by atoms with Crippen LogP contribution in [0.4, 0.5) is 14.5 Å². The summed E-state index contributed by atoms with van der Waals surface area (Å²) < 4.78 is 48.7. The van der Waals surface area contributed by atoms with Gasteiger partial charge in [0.1, 0.15) is 0 Å². The maximum absolute atomic E-state index is 12.7. The molecule has 0 radical (unpaired) electrons. The SMILES string of the molecule is CN(c1ccccc1S(=O)(=O)C(F)F)C(C)(C)CCl. The normalized spacial score (nSPS) is 12.8. The van der Waals surface area contributed by atoms with Gasteiger partial charge in [-0.05, 0) is 26.0 Å². The van der Waals surface area contributed by atoms with Crippen LogP contribution >= 0.6 is 11.6 Å². The Kier molecular flexibility index (Phi) is 4.79. The van der Waals surface area contributed by atoms with Crippen molar-refractivity contribution >= 4 is 27.1 Å². The summed E-state index contributed by atoms with van der Waals surface area (Å²) in [5.74, 6) is -3.21. The minimum absolute atomic E-state index is 0.216. The molecule has 0 saturated carbocycles. The van der Waals surface area contributed by atoms with Crippen LogP contribution in [0.25, 0.3) is 0 Å². The van der Waals surface area contributed by atoms with E-state index < -0.39 is 21.1 Å². The first kappa shape index (κ1) is 16.2. The van der Waals surface area contributed by atoms with Crippen molar-refractivity contribution in [3.63, 3.8) is 0 Å². The van der Waals surface area contributed by atoms with Crippen molar-refractivity contribution in [1.29, 1.82) is 0 Å². The van der Waals surface area contributed by atoms with Gasteiger partial charge in [0.05, 0.1) is 10.6 Å². The number of hydrogen-bond donors (Lipinski definition) is 0. The molecule has 0 amide bonds. The maximum atomic E-state index is 12.7. The zero-order valence-corrected chi connectivity index (χ0v) is 12.5. The van der Waals surface area contributed by atoms with Gasteiger partial charge in [-0.3, -0.25) is 0 Å². The molecule has 0 fully saturated rings. The quantitative estimate of drug-likeness (QED) is 0.784. The minimum Gasteiger partial charge on any atom is -0.367 e. The molecular formula is C12H16ClF2NO2S. The monoisotopic (exact) mass is 311 g/mol. The van der Waals surface area contributed by atoms with Crippen molar-refractivity contribution in [1.82, 2.24) is 0 Å². The molecule has 19 heavy (non-hydrogen) atoms. The summed E-state index contributed by atoms with van der Waals surface area (Å²) >= 11 is 5.83. The Bertz CT molecular complexity index is 546. The van der Waals surface area contributed by atoms with Crippen LogP contribution < -0.4 is 4.90 Å². The first-order valence-electron chi connectivity index (χ1n) is 5.55. The molecule has 0 atom stereocenters. The number of anilines is 1. The molecule has 1 aromatic carbocycles. The fourth-order valence-electron chi connectivity index (χ4n) is 1.49. The van der Waals surface area contributed by atoms with Gasteiger partial charge < -0.3 is 4.90 Å². The number of sulfone groups is 1. The second-order valence-corrected chi connectivity index (χ2v) is 6.93. The molecule has 0 spiro atoms. The van der Waals surface area contributed by atoms with Crippen LogP contribution in [0.15, 0.2) is 29.2 Å². The molecule has 0 aromatic heterocycles. The zero-order chi connectivity index (χ0) is 14.8. The Morgan fingerprint density at radius 1 is 1.32 bits per heavy atom. The molecule has 7 heteroatoms. The third-order valence-electron chi connectivity index (χ3n) is 3.00. The number of benzene rings is 1. The Hall–Kier alpha value is -0.880. The van der Waals surface area contributed by atoms with Gasteiger partial charge in [-0.1, -0.05) is 12.1 Å². The summed E-state index contributed by atoms with van der Waals surface area (Å²) in [7, 11) is -3.01. The van der Waals surface area contributed by atoms with Crippen LogP contribution in [-0.4, -0.2) is 32.6 Å². The van der Waals surface area contributed by atoms with Crippen LogP contribution in [0, 0.1) is 0 Å². The van der Waals surface area contributed by atoms with Gasteiger partial charge in [0, 0.05) is 18.5 Å². The van der Waals surface area contributed by atoms with E-state index in [2.05, 4.69) is 0 Å². The highest BCUT2D eigenvalue weighted by atomic mass is 35.5. The topological polar surface area (TPSA) is 37.4 Å². The van der Waals surface area contributed by atoms with E-state index >= 15 is 0 Å². The summed E-state index contributed by atoms with van der Waals surface area (Å²) in [5, 5.41) is 0. The highest BCUT2D eigenvalue weighted by Crippen LogP contribution is 2.32. The van der Waals surface area contributed by atoms with Crippen molar-refractivity contribution in [3.8, 4) is 0 Å². The number of alkyl halides is 3. The van der Waals surface area contributed by atoms with E-state index in [1.165, 1.54) is 18.2 Å². The van der Waals surface area contributed by atoms with Crippen LogP contribution in [0.5, 0.6) is 0 Å². The number of nitrogens with zero attached hydrogens (tertiary/aromatic N) is 1. The van der Waals surface area contributed by atoms with Crippen molar-refractivity contribution in [2.45, 2.75) is 30.0 Å².